The average Bonchev–Trinajstić information content (AvgIpc) is 3.07. The number of aromatic nitrogens is 1. The van der Waals surface area contributed by atoms with Gasteiger partial charge in [-0.2, -0.15) is 0 Å². The van der Waals surface area contributed by atoms with Crippen molar-refractivity contribution < 1.29 is 8.78 Å². The lowest BCUT2D eigenvalue weighted by Crippen LogP contribution is -2.12. The van der Waals surface area contributed by atoms with Crippen LogP contribution < -0.4 is 0 Å². The first-order valence-electron chi connectivity index (χ1n) is 9.87. The average molecular weight is 365 g/mol. The normalized spacial score (nSPS) is 15.2. The molecule has 0 spiro atoms. The smallest absolute Gasteiger partial charge is 0.131 e. The van der Waals surface area contributed by atoms with Gasteiger partial charge in [0.2, 0.25) is 0 Å². The molecule has 0 N–H and O–H groups in total. The Kier molecular flexibility index (Phi) is 5.38. The van der Waals surface area contributed by atoms with Crippen LogP contribution in [0.25, 0.3) is 11.1 Å². The van der Waals surface area contributed by atoms with Crippen LogP contribution in [0.15, 0.2) is 60.8 Å². The summed E-state index contributed by atoms with van der Waals surface area (Å²) in [6, 6.07) is 16.0. The molecule has 1 aromatic heterocycles. The highest BCUT2D eigenvalue weighted by atomic mass is 19.1. The van der Waals surface area contributed by atoms with Crippen LogP contribution in [0.3, 0.4) is 0 Å². The van der Waals surface area contributed by atoms with Gasteiger partial charge in [0.15, 0.2) is 0 Å². The fourth-order valence-corrected chi connectivity index (χ4v) is 4.21. The number of hydrogen-bond donors (Lipinski definition) is 0. The van der Waals surface area contributed by atoms with Crippen LogP contribution in [-0.4, -0.2) is 4.57 Å². The Labute approximate surface area is 159 Å². The van der Waals surface area contributed by atoms with Crippen LogP contribution in [0.1, 0.15) is 43.4 Å². The lowest BCUT2D eigenvalue weighted by atomic mass is 9.86. The molecule has 1 aliphatic rings. The Morgan fingerprint density at radius 1 is 0.889 bits per heavy atom. The minimum absolute atomic E-state index is 0.340. The fourth-order valence-electron chi connectivity index (χ4n) is 4.21. The molecule has 0 amide bonds. The van der Waals surface area contributed by atoms with E-state index in [0.717, 1.165) is 18.5 Å². The molecule has 0 atom stereocenters. The minimum Gasteiger partial charge on any atom is -0.346 e. The predicted molar refractivity (Wildman–Crippen MR) is 106 cm³/mol. The van der Waals surface area contributed by atoms with Gasteiger partial charge in [-0.1, -0.05) is 62.4 Å². The van der Waals surface area contributed by atoms with Crippen molar-refractivity contribution in [2.45, 2.75) is 45.1 Å². The van der Waals surface area contributed by atoms with E-state index in [1.165, 1.54) is 61.6 Å². The number of halogens is 2. The number of benzene rings is 2. The van der Waals surface area contributed by atoms with Crippen molar-refractivity contribution in [3.8, 4) is 11.1 Å². The van der Waals surface area contributed by atoms with Crippen molar-refractivity contribution in [1.82, 2.24) is 4.57 Å². The molecule has 0 saturated heterocycles. The quantitative estimate of drug-likeness (QED) is 0.480. The zero-order valence-electron chi connectivity index (χ0n) is 15.5. The molecule has 3 heteroatoms. The minimum atomic E-state index is -0.406. The van der Waals surface area contributed by atoms with Gasteiger partial charge in [-0.05, 0) is 42.2 Å². The number of nitrogens with zero attached hydrogens (tertiary/aromatic N) is 1. The van der Waals surface area contributed by atoms with Crippen molar-refractivity contribution in [2.75, 3.05) is 0 Å². The fraction of sp³-hybridized carbons (Fsp3) is 0.333. The molecule has 27 heavy (non-hydrogen) atoms. The van der Waals surface area contributed by atoms with Crippen LogP contribution in [0.4, 0.5) is 8.78 Å². The van der Waals surface area contributed by atoms with Gasteiger partial charge in [0, 0.05) is 29.6 Å². The zero-order chi connectivity index (χ0) is 18.6. The molecule has 0 aliphatic heterocycles. The Balaban J connectivity index is 1.68. The first-order valence-corrected chi connectivity index (χ1v) is 9.87. The molecule has 1 saturated carbocycles. The highest BCUT2D eigenvalue weighted by Gasteiger charge is 2.18. The van der Waals surface area contributed by atoms with E-state index in [2.05, 4.69) is 22.8 Å². The van der Waals surface area contributed by atoms with Crippen molar-refractivity contribution in [3.05, 3.63) is 83.7 Å². The van der Waals surface area contributed by atoms with Gasteiger partial charge in [0.25, 0.3) is 0 Å². The van der Waals surface area contributed by atoms with Gasteiger partial charge >= 0.3 is 0 Å². The topological polar surface area (TPSA) is 4.93 Å². The van der Waals surface area contributed by atoms with Crippen LogP contribution in [0.2, 0.25) is 0 Å². The van der Waals surface area contributed by atoms with Crippen LogP contribution >= 0.6 is 0 Å². The summed E-state index contributed by atoms with van der Waals surface area (Å²) in [5.41, 5.74) is 3.52. The molecule has 2 aromatic carbocycles. The maximum Gasteiger partial charge on any atom is 0.131 e. The first kappa shape index (κ1) is 18.0. The molecular formula is C24H25F2N. The molecule has 4 rings (SSSR count). The van der Waals surface area contributed by atoms with Gasteiger partial charge in [-0.15, -0.1) is 0 Å². The molecule has 0 bridgehead atoms. The second kappa shape index (κ2) is 8.08. The van der Waals surface area contributed by atoms with E-state index in [1.807, 2.05) is 24.4 Å². The molecule has 0 radical (unpaired) electrons. The Hall–Kier alpha value is -2.42. The molecular weight excluding hydrogens is 340 g/mol. The Morgan fingerprint density at radius 2 is 1.67 bits per heavy atom. The molecule has 140 valence electrons. The van der Waals surface area contributed by atoms with Gasteiger partial charge in [0.1, 0.15) is 11.6 Å². The van der Waals surface area contributed by atoms with E-state index in [0.29, 0.717) is 11.5 Å². The first-order chi connectivity index (χ1) is 13.2. The van der Waals surface area contributed by atoms with E-state index >= 15 is 0 Å². The maximum atomic E-state index is 14.3. The Morgan fingerprint density at radius 3 is 2.44 bits per heavy atom. The molecule has 3 aromatic rings. The molecule has 1 nitrogen and oxygen atoms in total. The van der Waals surface area contributed by atoms with Crippen LogP contribution in [0.5, 0.6) is 0 Å². The van der Waals surface area contributed by atoms with Gasteiger partial charge < -0.3 is 4.57 Å². The number of rotatable bonds is 5. The van der Waals surface area contributed by atoms with Crippen LogP contribution in [0, 0.1) is 17.6 Å². The summed E-state index contributed by atoms with van der Waals surface area (Å²) >= 11 is 0. The third kappa shape index (κ3) is 4.29. The summed E-state index contributed by atoms with van der Waals surface area (Å²) in [5.74, 6) is -0.0955. The second-order valence-electron chi connectivity index (χ2n) is 7.67. The maximum absolute atomic E-state index is 14.3. The summed E-state index contributed by atoms with van der Waals surface area (Å²) in [6.45, 7) is 0.750. The summed E-state index contributed by atoms with van der Waals surface area (Å²) in [6.07, 6.45) is 9.44. The lowest BCUT2D eigenvalue weighted by Gasteiger charge is -2.22. The molecule has 1 fully saturated rings. The van der Waals surface area contributed by atoms with E-state index in [4.69, 9.17) is 0 Å². The highest BCUT2D eigenvalue weighted by molar-refractivity contribution is 5.64. The van der Waals surface area contributed by atoms with E-state index in [1.54, 1.807) is 0 Å². The van der Waals surface area contributed by atoms with Gasteiger partial charge in [-0.3, -0.25) is 0 Å². The van der Waals surface area contributed by atoms with Crippen molar-refractivity contribution >= 4 is 0 Å². The summed E-state index contributed by atoms with van der Waals surface area (Å²) in [4.78, 5) is 0. The third-order valence-corrected chi connectivity index (χ3v) is 5.64. The van der Waals surface area contributed by atoms with E-state index in [-0.39, 0.29) is 5.82 Å². The van der Waals surface area contributed by atoms with Gasteiger partial charge in [-0.25, -0.2) is 8.78 Å². The van der Waals surface area contributed by atoms with Gasteiger partial charge in [0.05, 0.1) is 0 Å². The molecule has 1 aliphatic carbocycles. The monoisotopic (exact) mass is 365 g/mol. The summed E-state index contributed by atoms with van der Waals surface area (Å²) in [5, 5.41) is 0. The third-order valence-electron chi connectivity index (χ3n) is 5.64. The summed E-state index contributed by atoms with van der Waals surface area (Å²) < 4.78 is 30.2. The predicted octanol–water partition coefficient (Wildman–Crippen LogP) is 6.60. The van der Waals surface area contributed by atoms with E-state index < -0.39 is 5.82 Å². The van der Waals surface area contributed by atoms with Crippen molar-refractivity contribution in [2.24, 2.45) is 5.92 Å². The van der Waals surface area contributed by atoms with Crippen LogP contribution in [-0.2, 0) is 13.0 Å². The standard InChI is InChI=1S/C24H25F2N/c25-21-11-12-24(26)23(15-21)20-14-22(13-18-7-3-1-4-8-18)27(17-20)16-19-9-5-2-6-10-19/h2,5-6,9-12,14-15,17-18H,1,3-4,7-8,13,16H2. The molecule has 0 unspecified atom stereocenters. The SMILES string of the molecule is Fc1ccc(F)c(-c2cc(CC3CCCCC3)n(Cc3ccccc3)c2)c1. The highest BCUT2D eigenvalue weighted by Crippen LogP contribution is 2.31. The zero-order valence-corrected chi connectivity index (χ0v) is 15.5. The second-order valence-corrected chi connectivity index (χ2v) is 7.67. The molecule has 1 heterocycles. The Bertz CT molecular complexity index is 892. The largest absolute Gasteiger partial charge is 0.346 e. The van der Waals surface area contributed by atoms with Crippen molar-refractivity contribution in [3.63, 3.8) is 0 Å². The van der Waals surface area contributed by atoms with E-state index in [9.17, 15) is 8.78 Å². The number of hydrogen-bond acceptors (Lipinski definition) is 0. The van der Waals surface area contributed by atoms with Crippen molar-refractivity contribution in [1.29, 1.82) is 0 Å². The lowest BCUT2D eigenvalue weighted by molar-refractivity contribution is 0.351. The summed E-state index contributed by atoms with van der Waals surface area (Å²) in [7, 11) is 0.